The van der Waals surface area contributed by atoms with Crippen LogP contribution in [0, 0.1) is 5.82 Å². The van der Waals surface area contributed by atoms with E-state index in [0.717, 1.165) is 0 Å². The molecule has 0 N–H and O–H groups in total. The molecule has 1 aliphatic heterocycles. The molecule has 0 amide bonds. The number of benzene rings is 1. The second kappa shape index (κ2) is 3.76. The smallest absolute Gasteiger partial charge is 0.265 e. The number of piperidine rings is 1. The van der Waals surface area contributed by atoms with E-state index in [-0.39, 0.29) is 18.7 Å². The molecular weight excluding hydrogens is 203 g/mol. The van der Waals surface area contributed by atoms with E-state index < -0.39 is 11.7 Å². The molecule has 1 heterocycles. The highest BCUT2D eigenvalue weighted by Crippen LogP contribution is 2.30. The molecule has 4 heteroatoms. The van der Waals surface area contributed by atoms with E-state index >= 15 is 0 Å². The first kappa shape index (κ1) is 10.3. The summed E-state index contributed by atoms with van der Waals surface area (Å²) in [5.74, 6) is -3.13. The molecule has 0 aliphatic carbocycles. The summed E-state index contributed by atoms with van der Waals surface area (Å²) in [6, 6.07) is 6.05. The first-order valence-corrected chi connectivity index (χ1v) is 4.96. The van der Waals surface area contributed by atoms with E-state index in [1.54, 1.807) is 12.1 Å². The lowest BCUT2D eigenvalue weighted by molar-refractivity contribution is -0.0117. The summed E-state index contributed by atoms with van der Waals surface area (Å²) in [4.78, 5) is 1.42. The van der Waals surface area contributed by atoms with E-state index in [0.29, 0.717) is 13.0 Å². The third kappa shape index (κ3) is 2.25. The molecule has 1 saturated heterocycles. The van der Waals surface area contributed by atoms with E-state index in [9.17, 15) is 13.2 Å². The van der Waals surface area contributed by atoms with Crippen molar-refractivity contribution in [1.82, 2.24) is 0 Å². The maximum absolute atomic E-state index is 13.3. The predicted molar refractivity (Wildman–Crippen MR) is 52.8 cm³/mol. The van der Waals surface area contributed by atoms with Gasteiger partial charge in [-0.3, -0.25) is 0 Å². The number of alkyl halides is 2. The number of hydrogen-bond acceptors (Lipinski definition) is 1. The van der Waals surface area contributed by atoms with Crippen molar-refractivity contribution in [3.63, 3.8) is 0 Å². The molecule has 15 heavy (non-hydrogen) atoms. The van der Waals surface area contributed by atoms with Crippen LogP contribution in [0.2, 0.25) is 0 Å². The maximum Gasteiger partial charge on any atom is 0.265 e. The fourth-order valence-electron chi connectivity index (χ4n) is 1.88. The molecule has 1 aromatic carbocycles. The fourth-order valence-corrected chi connectivity index (χ4v) is 1.88. The van der Waals surface area contributed by atoms with E-state index in [1.807, 2.05) is 0 Å². The van der Waals surface area contributed by atoms with E-state index in [1.165, 1.54) is 17.0 Å². The number of para-hydroxylation sites is 1. The van der Waals surface area contributed by atoms with Crippen molar-refractivity contribution >= 4 is 5.69 Å². The number of halogens is 3. The third-order valence-electron chi connectivity index (χ3n) is 2.59. The quantitative estimate of drug-likeness (QED) is 0.696. The Labute approximate surface area is 86.5 Å². The van der Waals surface area contributed by atoms with Crippen LogP contribution in [0.1, 0.15) is 12.8 Å². The minimum absolute atomic E-state index is 0.0993. The van der Waals surface area contributed by atoms with Crippen molar-refractivity contribution in [2.75, 3.05) is 18.0 Å². The third-order valence-corrected chi connectivity index (χ3v) is 2.59. The number of hydrogen-bond donors (Lipinski definition) is 0. The Bertz CT molecular complexity index is 351. The van der Waals surface area contributed by atoms with Crippen LogP contribution in [-0.2, 0) is 0 Å². The van der Waals surface area contributed by atoms with Crippen LogP contribution < -0.4 is 4.90 Å². The topological polar surface area (TPSA) is 3.24 Å². The molecule has 82 valence electrons. The maximum atomic E-state index is 13.3. The highest BCUT2D eigenvalue weighted by atomic mass is 19.3. The largest absolute Gasteiger partial charge is 0.363 e. The highest BCUT2D eigenvalue weighted by Gasteiger charge is 2.35. The lowest BCUT2D eigenvalue weighted by atomic mass is 10.1. The minimum atomic E-state index is -2.69. The zero-order chi connectivity index (χ0) is 10.9. The van der Waals surface area contributed by atoms with Gasteiger partial charge in [-0.15, -0.1) is 0 Å². The molecular formula is C11H12F3N. The molecule has 1 aliphatic rings. The van der Waals surface area contributed by atoms with Crippen LogP contribution in [0.25, 0.3) is 0 Å². The molecule has 0 saturated carbocycles. The van der Waals surface area contributed by atoms with Crippen LogP contribution >= 0.6 is 0 Å². The Balaban J connectivity index is 2.21. The summed E-state index contributed by atoms with van der Waals surface area (Å²) < 4.78 is 39.6. The number of anilines is 1. The van der Waals surface area contributed by atoms with Crippen molar-refractivity contribution < 1.29 is 13.2 Å². The summed E-state index contributed by atoms with van der Waals surface area (Å²) in [5, 5.41) is 0. The van der Waals surface area contributed by atoms with Gasteiger partial charge in [-0.2, -0.15) is 0 Å². The molecule has 1 fully saturated rings. The zero-order valence-electron chi connectivity index (χ0n) is 8.22. The average molecular weight is 215 g/mol. The van der Waals surface area contributed by atoms with Gasteiger partial charge in [0, 0.05) is 13.0 Å². The van der Waals surface area contributed by atoms with Crippen molar-refractivity contribution in [1.29, 1.82) is 0 Å². The number of nitrogens with zero attached hydrogens (tertiary/aromatic N) is 1. The van der Waals surface area contributed by atoms with Crippen LogP contribution in [-0.4, -0.2) is 19.0 Å². The highest BCUT2D eigenvalue weighted by molar-refractivity contribution is 5.48. The van der Waals surface area contributed by atoms with Crippen LogP contribution in [0.15, 0.2) is 24.3 Å². The molecule has 0 radical (unpaired) electrons. The summed E-state index contributed by atoms with van der Waals surface area (Å²) in [6.45, 7) is 0.116. The molecule has 0 bridgehead atoms. The summed E-state index contributed by atoms with van der Waals surface area (Å²) in [5.41, 5.74) is 0.275. The standard InChI is InChI=1S/C11H12F3N/c12-9-4-1-2-5-10(9)15-7-3-6-11(13,14)8-15/h1-2,4-5H,3,6-8H2. The van der Waals surface area contributed by atoms with E-state index in [4.69, 9.17) is 0 Å². The van der Waals surface area contributed by atoms with E-state index in [2.05, 4.69) is 0 Å². The van der Waals surface area contributed by atoms with Gasteiger partial charge in [-0.25, -0.2) is 13.2 Å². The Morgan fingerprint density at radius 1 is 1.20 bits per heavy atom. The molecule has 0 spiro atoms. The molecule has 0 aromatic heterocycles. The van der Waals surface area contributed by atoms with Crippen molar-refractivity contribution in [3.05, 3.63) is 30.1 Å². The molecule has 0 unspecified atom stereocenters. The van der Waals surface area contributed by atoms with Crippen LogP contribution in [0.3, 0.4) is 0 Å². The first-order chi connectivity index (χ1) is 7.08. The Morgan fingerprint density at radius 3 is 2.60 bits per heavy atom. The van der Waals surface area contributed by atoms with Gasteiger partial charge in [0.25, 0.3) is 5.92 Å². The van der Waals surface area contributed by atoms with Crippen molar-refractivity contribution in [2.45, 2.75) is 18.8 Å². The van der Waals surface area contributed by atoms with Gasteiger partial charge < -0.3 is 4.90 Å². The van der Waals surface area contributed by atoms with Gasteiger partial charge in [0.05, 0.1) is 12.2 Å². The average Bonchev–Trinajstić information content (AvgIpc) is 2.17. The first-order valence-electron chi connectivity index (χ1n) is 4.96. The lowest BCUT2D eigenvalue weighted by Crippen LogP contribution is -2.43. The lowest BCUT2D eigenvalue weighted by Gasteiger charge is -2.34. The van der Waals surface area contributed by atoms with Gasteiger partial charge in [-0.05, 0) is 18.6 Å². The van der Waals surface area contributed by atoms with Gasteiger partial charge in [-0.1, -0.05) is 12.1 Å². The molecule has 1 nitrogen and oxygen atoms in total. The van der Waals surface area contributed by atoms with Gasteiger partial charge >= 0.3 is 0 Å². The molecule has 0 atom stereocenters. The summed E-state index contributed by atoms with van der Waals surface area (Å²) in [7, 11) is 0. The van der Waals surface area contributed by atoms with Gasteiger partial charge in [0.1, 0.15) is 5.82 Å². The number of rotatable bonds is 1. The minimum Gasteiger partial charge on any atom is -0.363 e. The normalized spacial score (nSPS) is 20.3. The Hall–Kier alpha value is -1.19. The summed E-state index contributed by atoms with van der Waals surface area (Å²) in [6.07, 6.45) is 0.305. The van der Waals surface area contributed by atoms with Crippen molar-refractivity contribution in [3.8, 4) is 0 Å². The second-order valence-corrected chi connectivity index (χ2v) is 3.83. The summed E-state index contributed by atoms with van der Waals surface area (Å²) >= 11 is 0. The Morgan fingerprint density at radius 2 is 1.93 bits per heavy atom. The van der Waals surface area contributed by atoms with Gasteiger partial charge in [0.2, 0.25) is 0 Å². The van der Waals surface area contributed by atoms with Crippen LogP contribution in [0.5, 0.6) is 0 Å². The fraction of sp³-hybridized carbons (Fsp3) is 0.455. The van der Waals surface area contributed by atoms with Crippen molar-refractivity contribution in [2.24, 2.45) is 0 Å². The van der Waals surface area contributed by atoms with Gasteiger partial charge in [0.15, 0.2) is 0 Å². The zero-order valence-corrected chi connectivity index (χ0v) is 8.22. The van der Waals surface area contributed by atoms with Crippen LogP contribution in [0.4, 0.5) is 18.9 Å². The predicted octanol–water partition coefficient (Wildman–Crippen LogP) is 3.06. The second-order valence-electron chi connectivity index (χ2n) is 3.83. The molecule has 1 aromatic rings. The Kier molecular flexibility index (Phi) is 2.59. The molecule has 2 rings (SSSR count). The SMILES string of the molecule is Fc1ccccc1N1CCCC(F)(F)C1. The monoisotopic (exact) mass is 215 g/mol.